The van der Waals surface area contributed by atoms with Crippen LogP contribution in [0.2, 0.25) is 0 Å². The number of nitrogens with one attached hydrogen (secondary N) is 1. The summed E-state index contributed by atoms with van der Waals surface area (Å²) >= 11 is 0. The lowest BCUT2D eigenvalue weighted by atomic mass is 9.54. The van der Waals surface area contributed by atoms with Crippen LogP contribution in [-0.4, -0.2) is 22.7 Å². The average Bonchev–Trinajstić information content (AvgIpc) is 2.46. The highest BCUT2D eigenvalue weighted by molar-refractivity contribution is 5.13. The molecule has 4 bridgehead atoms. The number of nitrogens with zero attached hydrogens (tertiary/aromatic N) is 1. The summed E-state index contributed by atoms with van der Waals surface area (Å²) in [6.45, 7) is 0.678. The summed E-state index contributed by atoms with van der Waals surface area (Å²) in [5.74, 6) is 3.77. The summed E-state index contributed by atoms with van der Waals surface area (Å²) < 4.78 is 0. The van der Waals surface area contributed by atoms with Crippen LogP contribution >= 0.6 is 0 Å². The van der Waals surface area contributed by atoms with E-state index in [1.165, 1.54) is 32.1 Å². The molecule has 4 aliphatic carbocycles. The van der Waals surface area contributed by atoms with Crippen LogP contribution in [0.3, 0.4) is 0 Å². The van der Waals surface area contributed by atoms with E-state index in [4.69, 9.17) is 0 Å². The molecule has 4 aliphatic rings. The van der Waals surface area contributed by atoms with Crippen LogP contribution in [0.1, 0.15) is 43.8 Å². The molecular weight excluding hydrogens is 248 g/mol. The van der Waals surface area contributed by atoms with Gasteiger partial charge in [0.2, 0.25) is 0 Å². The van der Waals surface area contributed by atoms with Crippen LogP contribution in [0.5, 0.6) is 0 Å². The fourth-order valence-corrected chi connectivity index (χ4v) is 5.21. The van der Waals surface area contributed by atoms with Gasteiger partial charge in [0.25, 0.3) is 0 Å². The number of aromatic nitrogens is 1. The van der Waals surface area contributed by atoms with Crippen LogP contribution in [0.15, 0.2) is 24.5 Å². The monoisotopic (exact) mass is 272 g/mol. The molecule has 3 nitrogen and oxygen atoms in total. The van der Waals surface area contributed by atoms with Crippen LogP contribution in [0.25, 0.3) is 0 Å². The summed E-state index contributed by atoms with van der Waals surface area (Å²) in [7, 11) is 0. The zero-order valence-electron chi connectivity index (χ0n) is 11.9. The van der Waals surface area contributed by atoms with Gasteiger partial charge < -0.3 is 10.4 Å². The summed E-state index contributed by atoms with van der Waals surface area (Å²) in [6, 6.07) is 4.46. The lowest BCUT2D eigenvalue weighted by Gasteiger charge is -2.54. The summed E-state index contributed by atoms with van der Waals surface area (Å²) in [4.78, 5) is 4.01. The van der Waals surface area contributed by atoms with Gasteiger partial charge in [0.05, 0.1) is 6.10 Å². The van der Waals surface area contributed by atoms with Gasteiger partial charge in [-0.05, 0) is 73.5 Å². The number of aliphatic hydroxyl groups is 1. The lowest BCUT2D eigenvalue weighted by Crippen LogP contribution is -2.55. The number of hydrogen-bond acceptors (Lipinski definition) is 3. The van der Waals surface area contributed by atoms with Gasteiger partial charge >= 0.3 is 0 Å². The van der Waals surface area contributed by atoms with Gasteiger partial charge in [-0.25, -0.2) is 0 Å². The molecule has 1 aromatic heterocycles. The van der Waals surface area contributed by atoms with Crippen molar-refractivity contribution >= 4 is 0 Å². The predicted octanol–water partition coefficient (Wildman–Crippen LogP) is 2.53. The van der Waals surface area contributed by atoms with Crippen LogP contribution < -0.4 is 5.32 Å². The molecule has 1 atom stereocenters. The van der Waals surface area contributed by atoms with Crippen molar-refractivity contribution < 1.29 is 5.11 Å². The zero-order valence-corrected chi connectivity index (χ0v) is 11.9. The maximum Gasteiger partial charge on any atom is 0.0915 e. The molecule has 0 aliphatic heterocycles. The third-order valence-electron chi connectivity index (χ3n) is 5.86. The summed E-state index contributed by atoms with van der Waals surface area (Å²) in [6.07, 6.45) is 10.3. The third kappa shape index (κ3) is 2.27. The largest absolute Gasteiger partial charge is 0.387 e. The third-order valence-corrected chi connectivity index (χ3v) is 5.86. The minimum absolute atomic E-state index is 0.407. The van der Waals surface area contributed by atoms with Gasteiger partial charge in [-0.2, -0.15) is 0 Å². The Morgan fingerprint density at radius 3 is 2.25 bits per heavy atom. The lowest BCUT2D eigenvalue weighted by molar-refractivity contribution is -0.0174. The van der Waals surface area contributed by atoms with E-state index in [9.17, 15) is 5.11 Å². The molecule has 1 aromatic rings. The van der Waals surface area contributed by atoms with Gasteiger partial charge in [-0.1, -0.05) is 0 Å². The predicted molar refractivity (Wildman–Crippen MR) is 78.0 cm³/mol. The summed E-state index contributed by atoms with van der Waals surface area (Å²) in [5.41, 5.74) is 0.969. The van der Waals surface area contributed by atoms with Gasteiger partial charge in [0.15, 0.2) is 0 Å². The minimum Gasteiger partial charge on any atom is -0.387 e. The molecule has 0 radical (unpaired) electrons. The molecule has 108 valence electrons. The molecular formula is C17H24N2O. The van der Waals surface area contributed by atoms with Crippen molar-refractivity contribution in [3.8, 4) is 0 Å². The molecule has 0 aromatic carbocycles. The fraction of sp³-hybridized carbons (Fsp3) is 0.706. The molecule has 20 heavy (non-hydrogen) atoms. The van der Waals surface area contributed by atoms with E-state index >= 15 is 0 Å². The molecule has 1 heterocycles. The van der Waals surface area contributed by atoms with E-state index in [2.05, 4.69) is 10.3 Å². The van der Waals surface area contributed by atoms with Crippen molar-refractivity contribution in [2.75, 3.05) is 6.54 Å². The van der Waals surface area contributed by atoms with Crippen molar-refractivity contribution in [3.63, 3.8) is 0 Å². The second kappa shape index (κ2) is 5.12. The standard InChI is InChI=1S/C17H24N2O/c20-16(13-1-3-18-4-2-13)10-19-17-14-6-11-5-12(8-14)9-15(17)7-11/h1-4,11-12,14-17,19-20H,5-10H2. The van der Waals surface area contributed by atoms with E-state index in [0.717, 1.165) is 29.2 Å². The molecule has 5 rings (SSSR count). The normalized spacial score (nSPS) is 40.0. The highest BCUT2D eigenvalue weighted by atomic mass is 16.3. The topological polar surface area (TPSA) is 45.1 Å². The van der Waals surface area contributed by atoms with Crippen molar-refractivity contribution in [1.29, 1.82) is 0 Å². The van der Waals surface area contributed by atoms with Crippen molar-refractivity contribution in [2.24, 2.45) is 23.7 Å². The quantitative estimate of drug-likeness (QED) is 0.885. The van der Waals surface area contributed by atoms with E-state index in [1.54, 1.807) is 12.4 Å². The van der Waals surface area contributed by atoms with Crippen LogP contribution in [0.4, 0.5) is 0 Å². The maximum atomic E-state index is 10.3. The van der Waals surface area contributed by atoms with E-state index in [1.807, 2.05) is 12.1 Å². The van der Waals surface area contributed by atoms with E-state index < -0.39 is 6.10 Å². The van der Waals surface area contributed by atoms with Crippen LogP contribution in [0, 0.1) is 23.7 Å². The number of hydrogen-bond donors (Lipinski definition) is 2. The molecule has 4 fully saturated rings. The first-order valence-corrected chi connectivity index (χ1v) is 8.11. The zero-order chi connectivity index (χ0) is 13.5. The first kappa shape index (κ1) is 12.8. The number of pyridine rings is 1. The summed E-state index contributed by atoms with van der Waals surface area (Å²) in [5, 5.41) is 14.0. The van der Waals surface area contributed by atoms with Gasteiger partial charge in [-0.15, -0.1) is 0 Å². The molecule has 0 saturated heterocycles. The van der Waals surface area contributed by atoms with Gasteiger partial charge in [0, 0.05) is 25.0 Å². The van der Waals surface area contributed by atoms with E-state index in [-0.39, 0.29) is 0 Å². The number of rotatable bonds is 4. The number of aliphatic hydroxyl groups excluding tert-OH is 1. The average molecular weight is 272 g/mol. The van der Waals surface area contributed by atoms with Crippen molar-refractivity contribution in [2.45, 2.75) is 44.2 Å². The van der Waals surface area contributed by atoms with E-state index in [0.29, 0.717) is 12.6 Å². The highest BCUT2D eigenvalue weighted by Crippen LogP contribution is 2.53. The SMILES string of the molecule is OC(CNC1C2CC3CC(C2)CC1C3)c1ccncc1. The van der Waals surface area contributed by atoms with Crippen molar-refractivity contribution in [3.05, 3.63) is 30.1 Å². The Kier molecular flexibility index (Phi) is 3.27. The Bertz CT molecular complexity index is 433. The minimum atomic E-state index is -0.407. The highest BCUT2D eigenvalue weighted by Gasteiger charge is 2.47. The molecule has 2 N–H and O–H groups in total. The first-order valence-electron chi connectivity index (χ1n) is 8.11. The maximum absolute atomic E-state index is 10.3. The van der Waals surface area contributed by atoms with Crippen LogP contribution in [-0.2, 0) is 0 Å². The fourth-order valence-electron chi connectivity index (χ4n) is 5.21. The first-order chi connectivity index (χ1) is 9.79. The molecule has 0 spiro atoms. The Morgan fingerprint density at radius 1 is 1.05 bits per heavy atom. The molecule has 3 heteroatoms. The Labute approximate surface area is 120 Å². The van der Waals surface area contributed by atoms with Crippen molar-refractivity contribution in [1.82, 2.24) is 10.3 Å². The second-order valence-corrected chi connectivity index (χ2v) is 7.16. The van der Waals surface area contributed by atoms with Gasteiger partial charge in [0.1, 0.15) is 0 Å². The Hall–Kier alpha value is -0.930. The second-order valence-electron chi connectivity index (χ2n) is 7.16. The Morgan fingerprint density at radius 2 is 1.65 bits per heavy atom. The van der Waals surface area contributed by atoms with Gasteiger partial charge in [-0.3, -0.25) is 4.98 Å². The molecule has 4 saturated carbocycles. The molecule has 1 unspecified atom stereocenters. The molecule has 0 amide bonds. The smallest absolute Gasteiger partial charge is 0.0915 e. The Balaban J connectivity index is 1.38.